The van der Waals surface area contributed by atoms with Crippen LogP contribution >= 0.6 is 0 Å². The van der Waals surface area contributed by atoms with E-state index in [-0.39, 0.29) is 6.29 Å². The molecule has 0 fully saturated rings. The highest BCUT2D eigenvalue weighted by Crippen LogP contribution is 2.05. The van der Waals surface area contributed by atoms with E-state index in [2.05, 4.69) is 4.18 Å². The van der Waals surface area contributed by atoms with Crippen LogP contribution in [-0.4, -0.2) is 67.3 Å². The third-order valence-corrected chi connectivity index (χ3v) is 2.77. The number of rotatable bonds is 9. The van der Waals surface area contributed by atoms with E-state index >= 15 is 0 Å². The SMILES string of the molecule is O=CC(NS(=O)(=O)O)[C@@H](O)CC(O)COS(=O)(=O)O. The van der Waals surface area contributed by atoms with Gasteiger partial charge in [-0.1, -0.05) is 0 Å². The lowest BCUT2D eigenvalue weighted by Crippen LogP contribution is -2.45. The Morgan fingerprint density at radius 1 is 1.16 bits per heavy atom. The minimum absolute atomic E-state index is 0.0329. The van der Waals surface area contributed by atoms with Crippen LogP contribution in [0.15, 0.2) is 0 Å². The Kier molecular flexibility index (Phi) is 6.95. The summed E-state index contributed by atoms with van der Waals surface area (Å²) in [5.41, 5.74) is 0. The first-order chi connectivity index (χ1) is 8.44. The largest absolute Gasteiger partial charge is 0.397 e. The minimum Gasteiger partial charge on any atom is -0.391 e. The minimum atomic E-state index is -4.77. The number of carbonyl (C=O) groups excluding carboxylic acids is 1. The smallest absolute Gasteiger partial charge is 0.391 e. The molecule has 0 aliphatic carbocycles. The predicted molar refractivity (Wildman–Crippen MR) is 58.7 cm³/mol. The second kappa shape index (κ2) is 7.20. The number of hydrogen-bond donors (Lipinski definition) is 5. The highest BCUT2D eigenvalue weighted by molar-refractivity contribution is 7.83. The van der Waals surface area contributed by atoms with Gasteiger partial charge in [-0.25, -0.2) is 4.18 Å². The summed E-state index contributed by atoms with van der Waals surface area (Å²) in [4.78, 5) is 10.5. The maximum absolute atomic E-state index is 10.5. The first kappa shape index (κ1) is 18.3. The first-order valence-corrected chi connectivity index (χ1v) is 7.43. The van der Waals surface area contributed by atoms with Gasteiger partial charge in [-0.2, -0.15) is 21.6 Å². The molecule has 0 amide bonds. The van der Waals surface area contributed by atoms with Crippen LogP contribution in [0, 0.1) is 0 Å². The van der Waals surface area contributed by atoms with Crippen LogP contribution in [0.5, 0.6) is 0 Å². The average molecular weight is 323 g/mol. The molecule has 19 heavy (non-hydrogen) atoms. The van der Waals surface area contributed by atoms with Crippen molar-refractivity contribution in [2.24, 2.45) is 0 Å². The van der Waals surface area contributed by atoms with Crippen LogP contribution < -0.4 is 4.72 Å². The van der Waals surface area contributed by atoms with E-state index in [1.54, 1.807) is 0 Å². The third-order valence-electron chi connectivity index (χ3n) is 1.77. The second-order valence-electron chi connectivity index (χ2n) is 3.42. The molecule has 0 bridgehead atoms. The van der Waals surface area contributed by atoms with E-state index in [9.17, 15) is 31.8 Å². The number of aldehydes is 1. The van der Waals surface area contributed by atoms with Gasteiger partial charge >= 0.3 is 20.7 Å². The molecule has 0 aliphatic rings. The Morgan fingerprint density at radius 3 is 2.05 bits per heavy atom. The summed E-state index contributed by atoms with van der Waals surface area (Å²) in [6.07, 6.45) is -4.04. The van der Waals surface area contributed by atoms with Crippen molar-refractivity contribution in [1.82, 2.24) is 4.72 Å². The summed E-state index contributed by atoms with van der Waals surface area (Å²) in [6.45, 7) is -0.909. The zero-order valence-corrected chi connectivity index (χ0v) is 10.9. The fourth-order valence-corrected chi connectivity index (χ4v) is 1.91. The summed E-state index contributed by atoms with van der Waals surface area (Å²) in [6, 6.07) is -1.74. The van der Waals surface area contributed by atoms with E-state index in [1.165, 1.54) is 4.72 Å². The number of nitrogens with one attached hydrogen (secondary N) is 1. The van der Waals surface area contributed by atoms with Crippen molar-refractivity contribution in [1.29, 1.82) is 0 Å². The highest BCUT2D eigenvalue weighted by atomic mass is 32.3. The van der Waals surface area contributed by atoms with Crippen LogP contribution in [0.3, 0.4) is 0 Å². The first-order valence-electron chi connectivity index (χ1n) is 4.62. The molecule has 0 rings (SSSR count). The summed E-state index contributed by atoms with van der Waals surface area (Å²) in [5.74, 6) is 0. The molecule has 0 aromatic carbocycles. The van der Waals surface area contributed by atoms with Gasteiger partial charge in [0.25, 0.3) is 0 Å². The van der Waals surface area contributed by atoms with Gasteiger partial charge in [0, 0.05) is 6.42 Å². The summed E-state index contributed by atoms with van der Waals surface area (Å²) in [7, 11) is -9.51. The molecule has 0 saturated heterocycles. The molecule has 0 aromatic heterocycles. The van der Waals surface area contributed by atoms with E-state index in [0.717, 1.165) is 0 Å². The van der Waals surface area contributed by atoms with Crippen molar-refractivity contribution >= 4 is 27.0 Å². The van der Waals surface area contributed by atoms with Crippen LogP contribution in [0.25, 0.3) is 0 Å². The van der Waals surface area contributed by atoms with Gasteiger partial charge in [-0.15, -0.1) is 0 Å². The van der Waals surface area contributed by atoms with Crippen molar-refractivity contribution in [3.63, 3.8) is 0 Å². The Morgan fingerprint density at radius 2 is 1.68 bits per heavy atom. The molecule has 0 saturated carbocycles. The van der Waals surface area contributed by atoms with Crippen molar-refractivity contribution in [2.45, 2.75) is 24.7 Å². The van der Waals surface area contributed by atoms with Crippen LogP contribution in [0.2, 0.25) is 0 Å². The van der Waals surface area contributed by atoms with Crippen LogP contribution in [-0.2, 0) is 29.7 Å². The quantitative estimate of drug-likeness (QED) is 0.214. The predicted octanol–water partition coefficient (Wildman–Crippen LogP) is -3.12. The number of hydrogen-bond acceptors (Lipinski definition) is 8. The fourth-order valence-electron chi connectivity index (χ4n) is 1.03. The number of aliphatic hydroxyl groups is 2. The fraction of sp³-hybridized carbons (Fsp3) is 0.833. The lowest BCUT2D eigenvalue weighted by molar-refractivity contribution is -0.112. The standard InChI is InChI=1S/C6H13NO10S2/c8-2-5(7-18(11,12)13)6(10)1-4(9)3-17-19(14,15)16/h2,4-7,9-10H,1,3H2,(H,11,12,13)(H,14,15,16)/t4?,5?,6-/m0/s1. The van der Waals surface area contributed by atoms with E-state index in [0.29, 0.717) is 0 Å². The topological polar surface area (TPSA) is 188 Å². The van der Waals surface area contributed by atoms with Gasteiger partial charge in [-0.05, 0) is 0 Å². The van der Waals surface area contributed by atoms with Gasteiger partial charge in [0.15, 0.2) is 0 Å². The monoisotopic (exact) mass is 323 g/mol. The molecular weight excluding hydrogens is 310 g/mol. The molecule has 11 nitrogen and oxygen atoms in total. The molecule has 13 heteroatoms. The molecule has 0 radical (unpaired) electrons. The molecule has 5 N–H and O–H groups in total. The normalized spacial score (nSPS) is 17.7. The zero-order valence-electron chi connectivity index (χ0n) is 9.28. The van der Waals surface area contributed by atoms with Crippen molar-refractivity contribution in [2.75, 3.05) is 6.61 Å². The summed E-state index contributed by atoms with van der Waals surface area (Å²) >= 11 is 0. The van der Waals surface area contributed by atoms with E-state index in [4.69, 9.17) is 9.11 Å². The Hall–Kier alpha value is -0.670. The maximum atomic E-state index is 10.5. The van der Waals surface area contributed by atoms with Gasteiger partial charge in [0.1, 0.15) is 12.3 Å². The third kappa shape index (κ3) is 9.85. The van der Waals surface area contributed by atoms with Gasteiger partial charge in [0.2, 0.25) is 0 Å². The Balaban J connectivity index is 4.41. The molecule has 0 aromatic rings. The average Bonchev–Trinajstić information content (AvgIpc) is 2.20. The van der Waals surface area contributed by atoms with Crippen molar-refractivity contribution in [3.05, 3.63) is 0 Å². The molecule has 0 heterocycles. The highest BCUT2D eigenvalue weighted by Gasteiger charge is 2.26. The number of carbonyl (C=O) groups is 1. The Labute approximate surface area is 109 Å². The molecule has 3 atom stereocenters. The Bertz CT molecular complexity index is 484. The van der Waals surface area contributed by atoms with Crippen LogP contribution in [0.1, 0.15) is 6.42 Å². The molecule has 0 aliphatic heterocycles. The zero-order chi connectivity index (χ0) is 15.3. The lowest BCUT2D eigenvalue weighted by atomic mass is 10.1. The summed E-state index contributed by atoms with van der Waals surface area (Å²) < 4.78 is 63.0. The van der Waals surface area contributed by atoms with Gasteiger partial charge in [0.05, 0.1) is 18.8 Å². The molecule has 2 unspecified atom stereocenters. The van der Waals surface area contributed by atoms with Crippen molar-refractivity contribution in [3.8, 4) is 0 Å². The summed E-state index contributed by atoms with van der Waals surface area (Å²) in [5, 5.41) is 18.6. The van der Waals surface area contributed by atoms with Crippen molar-refractivity contribution < 1.29 is 45.1 Å². The lowest BCUT2D eigenvalue weighted by Gasteiger charge is -2.19. The van der Waals surface area contributed by atoms with Gasteiger partial charge < -0.3 is 15.0 Å². The maximum Gasteiger partial charge on any atom is 0.397 e. The molecular formula is C6H13NO10S2. The molecule has 0 spiro atoms. The number of aliphatic hydroxyl groups excluding tert-OH is 2. The molecule has 114 valence electrons. The van der Waals surface area contributed by atoms with Crippen LogP contribution in [0.4, 0.5) is 0 Å². The van der Waals surface area contributed by atoms with E-state index in [1.807, 2.05) is 0 Å². The van der Waals surface area contributed by atoms with E-state index < -0.39 is 52.0 Å². The second-order valence-corrected chi connectivity index (χ2v) is 5.70. The van der Waals surface area contributed by atoms with Gasteiger partial charge in [-0.3, -0.25) is 9.11 Å².